The lowest BCUT2D eigenvalue weighted by Gasteiger charge is -2.18. The van der Waals surface area contributed by atoms with E-state index in [0.717, 1.165) is 11.1 Å². The van der Waals surface area contributed by atoms with Gasteiger partial charge in [-0.1, -0.05) is 60.7 Å². The molecule has 0 heterocycles. The Morgan fingerprint density at radius 2 is 1.77 bits per heavy atom. The lowest BCUT2D eigenvalue weighted by atomic mass is 10.1. The summed E-state index contributed by atoms with van der Waals surface area (Å²) in [6, 6.07) is 14.8. The second kappa shape index (κ2) is 9.37. The lowest BCUT2D eigenvalue weighted by molar-refractivity contribution is -0.149. The van der Waals surface area contributed by atoms with Crippen LogP contribution in [0, 0.1) is 13.8 Å². The Hall–Kier alpha value is -3.14. The minimum atomic E-state index is -1.03. The molecule has 0 bridgehead atoms. The summed E-state index contributed by atoms with van der Waals surface area (Å²) in [6.45, 7) is 5.72. The SMILES string of the molecule is C/C=C/C=C/C(=O)O[C@@H](C(=O)Nc1cc(C)ccc1C)c1ccccc1. The van der Waals surface area contributed by atoms with E-state index in [1.54, 1.807) is 42.5 Å². The Bertz CT molecular complexity index is 823. The molecule has 4 nitrogen and oxygen atoms in total. The molecule has 0 aliphatic carbocycles. The molecule has 2 aromatic rings. The number of anilines is 1. The monoisotopic (exact) mass is 349 g/mol. The van der Waals surface area contributed by atoms with Crippen molar-refractivity contribution >= 4 is 17.6 Å². The molecule has 0 aliphatic rings. The van der Waals surface area contributed by atoms with Crippen molar-refractivity contribution in [2.45, 2.75) is 26.9 Å². The van der Waals surface area contributed by atoms with Gasteiger partial charge in [0.25, 0.3) is 5.91 Å². The van der Waals surface area contributed by atoms with E-state index in [1.165, 1.54) is 6.08 Å². The number of carbonyl (C=O) groups is 2. The number of nitrogens with one attached hydrogen (secondary N) is 1. The molecule has 0 aliphatic heterocycles. The van der Waals surface area contributed by atoms with Crippen LogP contribution in [0.2, 0.25) is 0 Å². The number of esters is 1. The van der Waals surface area contributed by atoms with Crippen molar-refractivity contribution in [1.82, 2.24) is 0 Å². The Balaban J connectivity index is 2.24. The first-order valence-electron chi connectivity index (χ1n) is 8.44. The molecule has 2 aromatic carbocycles. The fraction of sp³-hybridized carbons (Fsp3) is 0.182. The van der Waals surface area contributed by atoms with Crippen LogP contribution in [0.25, 0.3) is 0 Å². The highest BCUT2D eigenvalue weighted by molar-refractivity contribution is 5.97. The Labute approximate surface area is 154 Å². The summed E-state index contributed by atoms with van der Waals surface area (Å²) in [5.74, 6) is -0.967. The molecule has 0 aromatic heterocycles. The Morgan fingerprint density at radius 3 is 2.46 bits per heavy atom. The van der Waals surface area contributed by atoms with Gasteiger partial charge in [0, 0.05) is 17.3 Å². The number of hydrogen-bond acceptors (Lipinski definition) is 3. The zero-order chi connectivity index (χ0) is 18.9. The maximum Gasteiger partial charge on any atom is 0.331 e. The molecule has 0 saturated heterocycles. The first-order chi connectivity index (χ1) is 12.5. The summed E-state index contributed by atoms with van der Waals surface area (Å²) in [5.41, 5.74) is 3.29. The summed E-state index contributed by atoms with van der Waals surface area (Å²) in [7, 11) is 0. The van der Waals surface area contributed by atoms with Gasteiger partial charge in [0.1, 0.15) is 0 Å². The van der Waals surface area contributed by atoms with Crippen LogP contribution in [0.1, 0.15) is 29.7 Å². The topological polar surface area (TPSA) is 55.4 Å². The summed E-state index contributed by atoms with van der Waals surface area (Å²) >= 11 is 0. The number of benzene rings is 2. The lowest BCUT2D eigenvalue weighted by Crippen LogP contribution is -2.25. The predicted molar refractivity (Wildman–Crippen MR) is 104 cm³/mol. The standard InChI is InChI=1S/C22H23NO3/c1-4-5-7-12-20(24)26-21(18-10-8-6-9-11-18)22(25)23-19-15-16(2)13-14-17(19)3/h4-15,21H,1-3H3,(H,23,25)/b5-4+,12-7+/t21-/m1/s1. The van der Waals surface area contributed by atoms with Gasteiger partial charge in [-0.2, -0.15) is 0 Å². The maximum absolute atomic E-state index is 12.8. The van der Waals surface area contributed by atoms with Crippen LogP contribution in [0.15, 0.2) is 72.8 Å². The average molecular weight is 349 g/mol. The number of hydrogen-bond donors (Lipinski definition) is 1. The Kier molecular flexibility index (Phi) is 6.92. The quantitative estimate of drug-likeness (QED) is 0.469. The van der Waals surface area contributed by atoms with Crippen LogP contribution in [-0.2, 0) is 14.3 Å². The van der Waals surface area contributed by atoms with Gasteiger partial charge in [-0.25, -0.2) is 4.79 Å². The van der Waals surface area contributed by atoms with Crippen molar-refractivity contribution in [3.05, 3.63) is 89.5 Å². The fourth-order valence-corrected chi connectivity index (χ4v) is 2.37. The van der Waals surface area contributed by atoms with E-state index < -0.39 is 18.0 Å². The van der Waals surface area contributed by atoms with E-state index in [0.29, 0.717) is 11.3 Å². The van der Waals surface area contributed by atoms with Gasteiger partial charge in [-0.05, 0) is 38.0 Å². The van der Waals surface area contributed by atoms with Crippen molar-refractivity contribution in [2.75, 3.05) is 5.32 Å². The molecule has 0 unspecified atom stereocenters. The van der Waals surface area contributed by atoms with Crippen molar-refractivity contribution < 1.29 is 14.3 Å². The highest BCUT2D eigenvalue weighted by Gasteiger charge is 2.24. The van der Waals surface area contributed by atoms with Gasteiger partial charge in [0.05, 0.1) is 0 Å². The number of rotatable bonds is 6. The van der Waals surface area contributed by atoms with E-state index >= 15 is 0 Å². The van der Waals surface area contributed by atoms with E-state index in [4.69, 9.17) is 4.74 Å². The molecule has 4 heteroatoms. The molecule has 0 radical (unpaired) electrons. The smallest absolute Gasteiger partial charge is 0.331 e. The number of carbonyl (C=O) groups excluding carboxylic acids is 2. The van der Waals surface area contributed by atoms with Crippen LogP contribution in [-0.4, -0.2) is 11.9 Å². The van der Waals surface area contributed by atoms with E-state index in [2.05, 4.69) is 5.32 Å². The number of allylic oxidation sites excluding steroid dienone is 3. The number of aryl methyl sites for hydroxylation is 2. The molecule has 0 saturated carbocycles. The zero-order valence-electron chi connectivity index (χ0n) is 15.2. The van der Waals surface area contributed by atoms with Crippen LogP contribution >= 0.6 is 0 Å². The van der Waals surface area contributed by atoms with Gasteiger partial charge in [-0.3, -0.25) is 4.79 Å². The largest absolute Gasteiger partial charge is 0.444 e. The first kappa shape index (κ1) is 19.2. The molecule has 1 amide bonds. The minimum Gasteiger partial charge on any atom is -0.444 e. The van der Waals surface area contributed by atoms with Crippen LogP contribution in [0.5, 0.6) is 0 Å². The zero-order valence-corrected chi connectivity index (χ0v) is 15.2. The minimum absolute atomic E-state index is 0.391. The summed E-state index contributed by atoms with van der Waals surface area (Å²) in [6.07, 6.45) is 5.35. The number of amides is 1. The van der Waals surface area contributed by atoms with Crippen LogP contribution < -0.4 is 5.32 Å². The molecule has 134 valence electrons. The van der Waals surface area contributed by atoms with Crippen LogP contribution in [0.4, 0.5) is 5.69 Å². The molecule has 1 N–H and O–H groups in total. The molecule has 0 fully saturated rings. The second-order valence-electron chi connectivity index (χ2n) is 5.92. The second-order valence-corrected chi connectivity index (χ2v) is 5.92. The highest BCUT2D eigenvalue weighted by atomic mass is 16.5. The number of ether oxygens (including phenoxy) is 1. The van der Waals surface area contributed by atoms with Crippen LogP contribution in [0.3, 0.4) is 0 Å². The Morgan fingerprint density at radius 1 is 1.04 bits per heavy atom. The summed E-state index contributed by atoms with van der Waals surface area (Å²) in [4.78, 5) is 24.9. The van der Waals surface area contributed by atoms with E-state index in [9.17, 15) is 9.59 Å². The average Bonchev–Trinajstić information content (AvgIpc) is 2.63. The third kappa shape index (κ3) is 5.45. The van der Waals surface area contributed by atoms with Gasteiger partial charge in [-0.15, -0.1) is 0 Å². The van der Waals surface area contributed by atoms with Crippen molar-refractivity contribution in [3.63, 3.8) is 0 Å². The normalized spacial score (nSPS) is 12.3. The van der Waals surface area contributed by atoms with Gasteiger partial charge >= 0.3 is 5.97 Å². The van der Waals surface area contributed by atoms with Crippen molar-refractivity contribution in [1.29, 1.82) is 0 Å². The van der Waals surface area contributed by atoms with Gasteiger partial charge < -0.3 is 10.1 Å². The molecule has 1 atom stereocenters. The van der Waals surface area contributed by atoms with Crippen molar-refractivity contribution in [2.24, 2.45) is 0 Å². The van der Waals surface area contributed by atoms with Gasteiger partial charge in [0.15, 0.2) is 0 Å². The van der Waals surface area contributed by atoms with E-state index in [1.807, 2.05) is 45.0 Å². The summed E-state index contributed by atoms with van der Waals surface area (Å²) in [5, 5.41) is 2.87. The third-order valence-corrected chi connectivity index (χ3v) is 3.76. The molecular formula is C22H23NO3. The molecule has 26 heavy (non-hydrogen) atoms. The summed E-state index contributed by atoms with van der Waals surface area (Å²) < 4.78 is 5.42. The maximum atomic E-state index is 12.8. The molecule has 0 spiro atoms. The predicted octanol–water partition coefficient (Wildman–Crippen LogP) is 4.66. The van der Waals surface area contributed by atoms with Crippen molar-refractivity contribution in [3.8, 4) is 0 Å². The van der Waals surface area contributed by atoms with Gasteiger partial charge in [0.2, 0.25) is 6.10 Å². The molecular weight excluding hydrogens is 326 g/mol. The first-order valence-corrected chi connectivity index (χ1v) is 8.44. The highest BCUT2D eigenvalue weighted by Crippen LogP contribution is 2.22. The van der Waals surface area contributed by atoms with E-state index in [-0.39, 0.29) is 0 Å². The fourth-order valence-electron chi connectivity index (χ4n) is 2.37. The molecule has 2 rings (SSSR count). The third-order valence-electron chi connectivity index (χ3n) is 3.76.